The van der Waals surface area contributed by atoms with Crippen LogP contribution in [0, 0.1) is 22.7 Å². The van der Waals surface area contributed by atoms with Gasteiger partial charge in [0.2, 0.25) is 0 Å². The second-order valence-electron chi connectivity index (χ2n) is 8.38. The van der Waals surface area contributed by atoms with Gasteiger partial charge < -0.3 is 4.74 Å². The van der Waals surface area contributed by atoms with Crippen LogP contribution in [0.1, 0.15) is 59.8 Å². The van der Waals surface area contributed by atoms with E-state index in [2.05, 4.69) is 39.0 Å². The molecule has 0 N–H and O–H groups in total. The van der Waals surface area contributed by atoms with Crippen molar-refractivity contribution in [2.45, 2.75) is 65.9 Å². The van der Waals surface area contributed by atoms with E-state index < -0.39 is 0 Å². The van der Waals surface area contributed by atoms with Crippen molar-refractivity contribution in [3.63, 3.8) is 0 Å². The summed E-state index contributed by atoms with van der Waals surface area (Å²) in [6, 6.07) is 0. The SMILES string of the molecule is CCCC1(C)C2=CCC3(C)C(OC(C)=O)CCC3C2C=C/C1=C/C=O. The van der Waals surface area contributed by atoms with Gasteiger partial charge in [0.05, 0.1) is 0 Å². The van der Waals surface area contributed by atoms with Crippen LogP contribution >= 0.6 is 0 Å². The summed E-state index contributed by atoms with van der Waals surface area (Å²) in [5.41, 5.74) is 2.56. The summed E-state index contributed by atoms with van der Waals surface area (Å²) in [6.07, 6.45) is 14.6. The van der Waals surface area contributed by atoms with Crippen LogP contribution in [0.5, 0.6) is 0 Å². The van der Waals surface area contributed by atoms with E-state index in [-0.39, 0.29) is 22.9 Å². The van der Waals surface area contributed by atoms with E-state index >= 15 is 0 Å². The van der Waals surface area contributed by atoms with Gasteiger partial charge in [-0.25, -0.2) is 0 Å². The van der Waals surface area contributed by atoms with Gasteiger partial charge >= 0.3 is 5.97 Å². The predicted octanol–water partition coefficient (Wildman–Crippen LogP) is 4.78. The number of carbonyl (C=O) groups excluding carboxylic acids is 2. The lowest BCUT2D eigenvalue weighted by Gasteiger charge is -2.50. The van der Waals surface area contributed by atoms with E-state index in [4.69, 9.17) is 4.74 Å². The minimum absolute atomic E-state index is 0.0170. The van der Waals surface area contributed by atoms with Gasteiger partial charge in [-0.05, 0) is 43.3 Å². The number of allylic oxidation sites excluding steroid dienone is 6. The lowest BCUT2D eigenvalue weighted by Crippen LogP contribution is -2.44. The van der Waals surface area contributed by atoms with Gasteiger partial charge in [0.1, 0.15) is 12.4 Å². The van der Waals surface area contributed by atoms with Crippen molar-refractivity contribution in [1.29, 1.82) is 0 Å². The van der Waals surface area contributed by atoms with Gasteiger partial charge in [-0.2, -0.15) is 0 Å². The molecule has 1 fully saturated rings. The molecule has 0 aliphatic heterocycles. The van der Waals surface area contributed by atoms with Crippen LogP contribution in [-0.4, -0.2) is 18.4 Å². The molecule has 3 rings (SSSR count). The molecule has 5 unspecified atom stereocenters. The lowest BCUT2D eigenvalue weighted by molar-refractivity contribution is -0.152. The van der Waals surface area contributed by atoms with E-state index in [0.29, 0.717) is 11.8 Å². The summed E-state index contributed by atoms with van der Waals surface area (Å²) in [4.78, 5) is 22.6. The van der Waals surface area contributed by atoms with Gasteiger partial charge in [-0.3, -0.25) is 9.59 Å². The molecule has 25 heavy (non-hydrogen) atoms. The molecule has 3 heteroatoms. The molecule has 3 aliphatic rings. The van der Waals surface area contributed by atoms with Crippen molar-refractivity contribution in [2.24, 2.45) is 22.7 Å². The molecule has 0 saturated heterocycles. The van der Waals surface area contributed by atoms with E-state index in [1.165, 1.54) is 12.5 Å². The minimum atomic E-state index is -0.173. The van der Waals surface area contributed by atoms with Gasteiger partial charge in [-0.15, -0.1) is 0 Å². The Balaban J connectivity index is 2.00. The Bertz CT molecular complexity index is 656. The number of ether oxygens (including phenoxy) is 1. The Morgan fingerprint density at radius 2 is 2.12 bits per heavy atom. The van der Waals surface area contributed by atoms with Crippen LogP contribution in [-0.2, 0) is 14.3 Å². The maximum Gasteiger partial charge on any atom is 0.302 e. The highest BCUT2D eigenvalue weighted by atomic mass is 16.5. The van der Waals surface area contributed by atoms with E-state index in [9.17, 15) is 9.59 Å². The van der Waals surface area contributed by atoms with Crippen LogP contribution in [0.4, 0.5) is 0 Å². The number of hydrogen-bond acceptors (Lipinski definition) is 3. The first-order chi connectivity index (χ1) is 11.9. The number of hydrogen-bond donors (Lipinski definition) is 0. The van der Waals surface area contributed by atoms with Gasteiger partial charge in [0.15, 0.2) is 0 Å². The monoisotopic (exact) mass is 342 g/mol. The van der Waals surface area contributed by atoms with Crippen molar-refractivity contribution < 1.29 is 14.3 Å². The average Bonchev–Trinajstić information content (AvgIpc) is 2.87. The molecule has 0 spiro atoms. The summed E-state index contributed by atoms with van der Waals surface area (Å²) in [7, 11) is 0. The third-order valence-corrected chi connectivity index (χ3v) is 6.94. The summed E-state index contributed by atoms with van der Waals surface area (Å²) in [5, 5.41) is 0. The maximum absolute atomic E-state index is 11.5. The molecule has 3 aliphatic carbocycles. The molecule has 0 aromatic rings. The first-order valence-corrected chi connectivity index (χ1v) is 9.58. The van der Waals surface area contributed by atoms with Gasteiger partial charge in [0.25, 0.3) is 0 Å². The Hall–Kier alpha value is -1.64. The zero-order valence-electron chi connectivity index (χ0n) is 15.9. The molecule has 0 radical (unpaired) electrons. The van der Waals surface area contributed by atoms with Crippen LogP contribution in [0.3, 0.4) is 0 Å². The lowest BCUT2D eigenvalue weighted by atomic mass is 9.55. The smallest absolute Gasteiger partial charge is 0.302 e. The molecule has 1 saturated carbocycles. The molecule has 5 atom stereocenters. The fourth-order valence-corrected chi connectivity index (χ4v) is 5.67. The van der Waals surface area contributed by atoms with Crippen molar-refractivity contribution in [1.82, 2.24) is 0 Å². The number of aldehydes is 1. The molecule has 0 aromatic heterocycles. The largest absolute Gasteiger partial charge is 0.462 e. The van der Waals surface area contributed by atoms with Gasteiger partial charge in [-0.1, -0.05) is 51.0 Å². The quantitative estimate of drug-likeness (QED) is 0.319. The summed E-state index contributed by atoms with van der Waals surface area (Å²) >= 11 is 0. The Morgan fingerprint density at radius 1 is 1.36 bits per heavy atom. The van der Waals surface area contributed by atoms with Crippen LogP contribution < -0.4 is 0 Å². The summed E-state index contributed by atoms with van der Waals surface area (Å²) < 4.78 is 5.67. The van der Waals surface area contributed by atoms with E-state index in [1.54, 1.807) is 6.08 Å². The predicted molar refractivity (Wildman–Crippen MR) is 98.9 cm³/mol. The minimum Gasteiger partial charge on any atom is -0.462 e. The topological polar surface area (TPSA) is 43.4 Å². The summed E-state index contributed by atoms with van der Waals surface area (Å²) in [5.74, 6) is 0.717. The van der Waals surface area contributed by atoms with Crippen molar-refractivity contribution in [3.05, 3.63) is 35.5 Å². The second-order valence-corrected chi connectivity index (χ2v) is 8.38. The molecule has 0 heterocycles. The van der Waals surface area contributed by atoms with Crippen LogP contribution in [0.15, 0.2) is 35.5 Å². The standard InChI is InChI=1S/C22H30O3/c1-5-12-21(3)16(11-14-23)6-7-17-18-8-9-20(25-15(2)24)22(18,4)13-10-19(17)21/h6-7,10-11,14,17-18,20H,5,8-9,12-13H2,1-4H3/b16-11-. The highest BCUT2D eigenvalue weighted by Crippen LogP contribution is 2.61. The molecular formula is C22H30O3. The fraction of sp³-hybridized carbons (Fsp3) is 0.636. The van der Waals surface area contributed by atoms with E-state index in [0.717, 1.165) is 44.0 Å². The fourth-order valence-electron chi connectivity index (χ4n) is 5.67. The molecule has 0 bridgehead atoms. The Kier molecular flexibility index (Phi) is 4.78. The van der Waals surface area contributed by atoms with Crippen LogP contribution in [0.25, 0.3) is 0 Å². The summed E-state index contributed by atoms with van der Waals surface area (Å²) in [6.45, 7) is 8.29. The number of carbonyl (C=O) groups is 2. The highest BCUT2D eigenvalue weighted by Gasteiger charge is 2.55. The molecular weight excluding hydrogens is 312 g/mol. The maximum atomic E-state index is 11.5. The first kappa shape index (κ1) is 18.2. The van der Waals surface area contributed by atoms with E-state index in [1.807, 2.05) is 0 Å². The van der Waals surface area contributed by atoms with Crippen molar-refractivity contribution >= 4 is 12.3 Å². The zero-order chi connectivity index (χ0) is 18.2. The molecule has 0 amide bonds. The second kappa shape index (κ2) is 6.59. The zero-order valence-corrected chi connectivity index (χ0v) is 15.9. The molecule has 0 aromatic carbocycles. The molecule has 136 valence electrons. The third-order valence-electron chi connectivity index (χ3n) is 6.94. The third kappa shape index (κ3) is 2.82. The van der Waals surface area contributed by atoms with Crippen molar-refractivity contribution in [2.75, 3.05) is 0 Å². The molecule has 3 nitrogen and oxygen atoms in total. The average molecular weight is 342 g/mol. The normalized spacial score (nSPS) is 41.0. The number of esters is 1. The van der Waals surface area contributed by atoms with Crippen molar-refractivity contribution in [3.8, 4) is 0 Å². The Labute approximate surface area is 151 Å². The van der Waals surface area contributed by atoms with Gasteiger partial charge in [0, 0.05) is 23.7 Å². The first-order valence-electron chi connectivity index (χ1n) is 9.58. The Morgan fingerprint density at radius 3 is 2.76 bits per heavy atom. The number of rotatable bonds is 4. The number of fused-ring (bicyclic) bond motifs is 3. The van der Waals surface area contributed by atoms with Crippen LogP contribution in [0.2, 0.25) is 0 Å². The highest BCUT2D eigenvalue weighted by molar-refractivity contribution is 5.69.